The van der Waals surface area contributed by atoms with Crippen LogP contribution >= 0.6 is 0 Å². The van der Waals surface area contributed by atoms with Crippen LogP contribution in [0.25, 0.3) is 22.3 Å². The molecule has 0 spiro atoms. The number of hydrogen-bond donors (Lipinski definition) is 0. The van der Waals surface area contributed by atoms with E-state index in [1.54, 1.807) is 18.4 Å². The van der Waals surface area contributed by atoms with E-state index in [-0.39, 0.29) is 5.82 Å². The predicted octanol–water partition coefficient (Wildman–Crippen LogP) is 6.02. The number of hydrogen-bond acceptors (Lipinski definition) is 2. The molecule has 0 radical (unpaired) electrons. The van der Waals surface area contributed by atoms with Gasteiger partial charge in [0.25, 0.3) is 0 Å². The fraction of sp³-hybridized carbons (Fsp3) is 0.333. The maximum Gasteiger partial charge on any atom is 0.151 e. The van der Waals surface area contributed by atoms with Crippen LogP contribution in [0.15, 0.2) is 51.8 Å². The number of fused-ring (bicyclic) bond motifs is 1. The van der Waals surface area contributed by atoms with Crippen molar-refractivity contribution in [1.82, 2.24) is 0 Å². The molecule has 0 N–H and O–H groups in total. The van der Waals surface area contributed by atoms with Crippen molar-refractivity contribution in [2.24, 2.45) is 0 Å². The van der Waals surface area contributed by atoms with Crippen molar-refractivity contribution >= 4 is 21.8 Å². The molecule has 1 saturated carbocycles. The largest absolute Gasteiger partial charge is 0.455 e. The standard InChI is InChI=1S/C21H21FO2S/c1-25(23)21-18-13-16(14-5-3-2-4-6-14)9-12-19(18)24-20(21)15-7-10-17(22)11-8-15/h7-14H,2-6H2,1H3. The molecule has 0 saturated heterocycles. The highest BCUT2D eigenvalue weighted by Gasteiger charge is 2.22. The van der Waals surface area contributed by atoms with E-state index < -0.39 is 10.8 Å². The molecule has 1 fully saturated rings. The minimum absolute atomic E-state index is 0.293. The Labute approximate surface area is 149 Å². The van der Waals surface area contributed by atoms with Crippen LogP contribution in [0.3, 0.4) is 0 Å². The molecule has 25 heavy (non-hydrogen) atoms. The first-order chi connectivity index (χ1) is 12.1. The summed E-state index contributed by atoms with van der Waals surface area (Å²) >= 11 is 0. The SMILES string of the molecule is CS(=O)c1c(-c2ccc(F)cc2)oc2ccc(C3CCCCC3)cc12. The molecule has 130 valence electrons. The van der Waals surface area contributed by atoms with Gasteiger partial charge in [-0.05, 0) is 60.7 Å². The van der Waals surface area contributed by atoms with Gasteiger partial charge in [0, 0.05) is 17.2 Å². The lowest BCUT2D eigenvalue weighted by Crippen LogP contribution is -2.04. The molecule has 2 aromatic carbocycles. The first-order valence-corrected chi connectivity index (χ1v) is 10.3. The van der Waals surface area contributed by atoms with Crippen LogP contribution in [0.4, 0.5) is 4.39 Å². The van der Waals surface area contributed by atoms with Crippen molar-refractivity contribution in [1.29, 1.82) is 0 Å². The second-order valence-electron chi connectivity index (χ2n) is 6.81. The van der Waals surface area contributed by atoms with E-state index in [2.05, 4.69) is 12.1 Å². The molecular weight excluding hydrogens is 335 g/mol. The topological polar surface area (TPSA) is 30.2 Å². The van der Waals surface area contributed by atoms with E-state index in [1.807, 2.05) is 6.07 Å². The van der Waals surface area contributed by atoms with Crippen molar-refractivity contribution in [3.05, 3.63) is 53.8 Å². The quantitative estimate of drug-likeness (QED) is 0.574. The summed E-state index contributed by atoms with van der Waals surface area (Å²) < 4.78 is 31.7. The monoisotopic (exact) mass is 356 g/mol. The Kier molecular flexibility index (Phi) is 4.46. The Hall–Kier alpha value is -1.94. The Morgan fingerprint density at radius 3 is 2.44 bits per heavy atom. The van der Waals surface area contributed by atoms with Crippen molar-refractivity contribution < 1.29 is 13.0 Å². The van der Waals surface area contributed by atoms with Gasteiger partial charge in [0.1, 0.15) is 11.4 Å². The molecular formula is C21H21FO2S. The lowest BCUT2D eigenvalue weighted by atomic mass is 9.84. The third kappa shape index (κ3) is 3.15. The summed E-state index contributed by atoms with van der Waals surface area (Å²) in [4.78, 5) is 0.708. The Balaban J connectivity index is 1.85. The molecule has 1 aromatic heterocycles. The zero-order chi connectivity index (χ0) is 17.4. The average molecular weight is 356 g/mol. The van der Waals surface area contributed by atoms with Crippen molar-refractivity contribution in [3.8, 4) is 11.3 Å². The van der Waals surface area contributed by atoms with E-state index >= 15 is 0 Å². The summed E-state index contributed by atoms with van der Waals surface area (Å²) in [5.41, 5.74) is 2.80. The fourth-order valence-corrected chi connectivity index (χ4v) is 4.75. The van der Waals surface area contributed by atoms with Gasteiger partial charge in [0.05, 0.1) is 15.7 Å². The summed E-state index contributed by atoms with van der Waals surface area (Å²) in [7, 11) is -1.19. The molecule has 3 aromatic rings. The van der Waals surface area contributed by atoms with Gasteiger partial charge in [0.15, 0.2) is 5.76 Å². The van der Waals surface area contributed by atoms with E-state index in [1.165, 1.54) is 49.8 Å². The Bertz CT molecular complexity index is 921. The molecule has 1 aliphatic rings. The third-order valence-corrected chi connectivity index (χ3v) is 6.12. The van der Waals surface area contributed by atoms with E-state index in [0.717, 1.165) is 16.5 Å². The Morgan fingerprint density at radius 1 is 1.04 bits per heavy atom. The lowest BCUT2D eigenvalue weighted by molar-refractivity contribution is 0.444. The second kappa shape index (κ2) is 6.75. The van der Waals surface area contributed by atoms with Crippen molar-refractivity contribution in [2.75, 3.05) is 6.26 Å². The number of furan rings is 1. The first kappa shape index (κ1) is 16.5. The smallest absolute Gasteiger partial charge is 0.151 e. The zero-order valence-corrected chi connectivity index (χ0v) is 15.1. The third-order valence-electron chi connectivity index (χ3n) is 5.14. The average Bonchev–Trinajstić information content (AvgIpc) is 3.02. The van der Waals surface area contributed by atoms with Crippen LogP contribution < -0.4 is 0 Å². The van der Waals surface area contributed by atoms with Crippen LogP contribution in [-0.4, -0.2) is 10.5 Å². The van der Waals surface area contributed by atoms with E-state index in [0.29, 0.717) is 16.6 Å². The second-order valence-corrected chi connectivity index (χ2v) is 8.13. The number of halogens is 1. The van der Waals surface area contributed by atoms with Gasteiger partial charge in [-0.1, -0.05) is 25.3 Å². The highest BCUT2D eigenvalue weighted by atomic mass is 32.2. The maximum absolute atomic E-state index is 13.2. The zero-order valence-electron chi connectivity index (χ0n) is 14.3. The fourth-order valence-electron chi connectivity index (χ4n) is 3.86. The molecule has 2 nitrogen and oxygen atoms in total. The number of benzene rings is 2. The number of rotatable bonds is 3. The van der Waals surface area contributed by atoms with Gasteiger partial charge < -0.3 is 4.42 Å². The van der Waals surface area contributed by atoms with Gasteiger partial charge in [-0.3, -0.25) is 4.21 Å². The van der Waals surface area contributed by atoms with Gasteiger partial charge in [0.2, 0.25) is 0 Å². The summed E-state index contributed by atoms with van der Waals surface area (Å²) in [5, 5.41) is 0.920. The van der Waals surface area contributed by atoms with Crippen molar-refractivity contribution in [2.45, 2.75) is 42.9 Å². The van der Waals surface area contributed by atoms with Crippen LogP contribution in [0.5, 0.6) is 0 Å². The molecule has 1 aliphatic carbocycles. The molecule has 1 heterocycles. The van der Waals surface area contributed by atoms with E-state index in [4.69, 9.17) is 4.42 Å². The summed E-state index contributed by atoms with van der Waals surface area (Å²) in [6, 6.07) is 12.4. The summed E-state index contributed by atoms with van der Waals surface area (Å²) in [5.74, 6) is 0.871. The molecule has 4 rings (SSSR count). The Morgan fingerprint density at radius 2 is 1.76 bits per heavy atom. The maximum atomic E-state index is 13.2. The van der Waals surface area contributed by atoms with Crippen LogP contribution in [0, 0.1) is 5.82 Å². The molecule has 0 amide bonds. The highest BCUT2D eigenvalue weighted by molar-refractivity contribution is 7.84. The molecule has 4 heteroatoms. The van der Waals surface area contributed by atoms with Crippen molar-refractivity contribution in [3.63, 3.8) is 0 Å². The van der Waals surface area contributed by atoms with Crippen LogP contribution in [-0.2, 0) is 10.8 Å². The van der Waals surface area contributed by atoms with Gasteiger partial charge in [-0.2, -0.15) is 0 Å². The normalized spacial score (nSPS) is 17.0. The summed E-state index contributed by atoms with van der Waals surface area (Å²) in [6.45, 7) is 0. The van der Waals surface area contributed by atoms with Gasteiger partial charge in [-0.25, -0.2) is 4.39 Å². The van der Waals surface area contributed by atoms with Gasteiger partial charge >= 0.3 is 0 Å². The van der Waals surface area contributed by atoms with Gasteiger partial charge in [-0.15, -0.1) is 0 Å². The predicted molar refractivity (Wildman–Crippen MR) is 99.8 cm³/mol. The van der Waals surface area contributed by atoms with Crippen LogP contribution in [0.2, 0.25) is 0 Å². The first-order valence-electron chi connectivity index (χ1n) is 8.79. The molecule has 1 unspecified atom stereocenters. The minimum atomic E-state index is -1.19. The lowest BCUT2D eigenvalue weighted by Gasteiger charge is -2.21. The molecule has 0 aliphatic heterocycles. The molecule has 1 atom stereocenters. The summed E-state index contributed by atoms with van der Waals surface area (Å²) in [6.07, 6.45) is 7.99. The molecule has 0 bridgehead atoms. The van der Waals surface area contributed by atoms with E-state index in [9.17, 15) is 8.60 Å². The highest BCUT2D eigenvalue weighted by Crippen LogP contribution is 2.39. The minimum Gasteiger partial charge on any atom is -0.455 e. The van der Waals surface area contributed by atoms with Crippen LogP contribution in [0.1, 0.15) is 43.6 Å².